The summed E-state index contributed by atoms with van der Waals surface area (Å²) in [5.41, 5.74) is 11.1. The van der Waals surface area contributed by atoms with Crippen LogP contribution in [0.2, 0.25) is 0 Å². The number of pyridine rings is 1. The number of nitrogens with one attached hydrogen (secondary N) is 2. The van der Waals surface area contributed by atoms with Gasteiger partial charge >= 0.3 is 0 Å². The van der Waals surface area contributed by atoms with Crippen LogP contribution in [0.15, 0.2) is 66.9 Å². The minimum absolute atomic E-state index is 0.00995. The number of rotatable bonds is 8. The quantitative estimate of drug-likeness (QED) is 0.345. The fraction of sp³-hybridized carbons (Fsp3) is 0.406. The van der Waals surface area contributed by atoms with Crippen molar-refractivity contribution in [1.29, 1.82) is 0 Å². The molecule has 2 aliphatic carbocycles. The number of benzene rings is 2. The molecule has 0 unspecified atom stereocenters. The molecule has 2 saturated carbocycles. The Morgan fingerprint density at radius 2 is 1.55 bits per heavy atom. The van der Waals surface area contributed by atoms with Crippen molar-refractivity contribution in [2.75, 3.05) is 5.32 Å². The Hall–Kier alpha value is -3.51. The first-order valence-corrected chi connectivity index (χ1v) is 13.8. The van der Waals surface area contributed by atoms with Gasteiger partial charge in [0, 0.05) is 35.7 Å². The first kappa shape index (κ1) is 26.1. The van der Waals surface area contributed by atoms with E-state index in [0.717, 1.165) is 66.3 Å². The van der Waals surface area contributed by atoms with E-state index in [2.05, 4.69) is 52.0 Å². The van der Waals surface area contributed by atoms with E-state index in [1.165, 1.54) is 0 Å². The van der Waals surface area contributed by atoms with Crippen molar-refractivity contribution in [2.45, 2.75) is 70.4 Å². The van der Waals surface area contributed by atoms with Crippen molar-refractivity contribution < 1.29 is 9.59 Å². The molecule has 6 nitrogen and oxygen atoms in total. The molecule has 2 aliphatic rings. The Kier molecular flexibility index (Phi) is 7.61. The van der Waals surface area contributed by atoms with Gasteiger partial charge in [-0.25, -0.2) is 4.98 Å². The average Bonchev–Trinajstić information content (AvgIpc) is 3.76. The van der Waals surface area contributed by atoms with Gasteiger partial charge in [-0.2, -0.15) is 0 Å². The third kappa shape index (κ3) is 6.48. The molecular formula is C32H38N4O2. The van der Waals surface area contributed by atoms with Gasteiger partial charge in [0.05, 0.1) is 0 Å². The van der Waals surface area contributed by atoms with Crippen LogP contribution in [0.5, 0.6) is 0 Å². The Bertz CT molecular complexity index is 1270. The van der Waals surface area contributed by atoms with Crippen LogP contribution in [-0.2, 0) is 15.1 Å². The number of aromatic nitrogens is 1. The number of carbonyl (C=O) groups is 2. The fourth-order valence-electron chi connectivity index (χ4n) is 5.32. The second kappa shape index (κ2) is 11.1. The number of hydrogen-bond acceptors (Lipinski definition) is 4. The van der Waals surface area contributed by atoms with Crippen LogP contribution in [-0.4, -0.2) is 22.8 Å². The van der Waals surface area contributed by atoms with E-state index < -0.39 is 5.54 Å². The molecule has 4 N–H and O–H groups in total. The predicted molar refractivity (Wildman–Crippen MR) is 152 cm³/mol. The molecule has 2 fully saturated rings. The molecule has 1 aromatic heterocycles. The Balaban J connectivity index is 1.26. The topological polar surface area (TPSA) is 97.1 Å². The van der Waals surface area contributed by atoms with Crippen molar-refractivity contribution >= 4 is 17.6 Å². The zero-order valence-electron chi connectivity index (χ0n) is 22.4. The molecule has 3 aromatic rings. The maximum absolute atomic E-state index is 12.9. The van der Waals surface area contributed by atoms with Crippen LogP contribution in [0.4, 0.5) is 5.82 Å². The Morgan fingerprint density at radius 1 is 0.895 bits per heavy atom. The van der Waals surface area contributed by atoms with Gasteiger partial charge in [-0.3, -0.25) is 9.59 Å². The third-order valence-electron chi connectivity index (χ3n) is 7.81. The fourth-order valence-corrected chi connectivity index (χ4v) is 5.32. The second-order valence-corrected chi connectivity index (χ2v) is 11.5. The van der Waals surface area contributed by atoms with Gasteiger partial charge in [0.25, 0.3) is 0 Å². The highest BCUT2D eigenvalue weighted by atomic mass is 16.2. The summed E-state index contributed by atoms with van der Waals surface area (Å²) in [4.78, 5) is 29.6. The summed E-state index contributed by atoms with van der Waals surface area (Å²) in [5.74, 6) is 1.35. The van der Waals surface area contributed by atoms with E-state index in [1.54, 1.807) is 0 Å². The average molecular weight is 511 g/mol. The summed E-state index contributed by atoms with van der Waals surface area (Å²) in [6, 6.07) is 20.7. The van der Waals surface area contributed by atoms with E-state index in [4.69, 9.17) is 5.73 Å². The molecule has 2 amide bonds. The van der Waals surface area contributed by atoms with Crippen LogP contribution >= 0.6 is 0 Å². The molecule has 198 valence electrons. The summed E-state index contributed by atoms with van der Waals surface area (Å²) < 4.78 is 0. The summed E-state index contributed by atoms with van der Waals surface area (Å²) >= 11 is 0. The zero-order valence-corrected chi connectivity index (χ0v) is 22.4. The minimum Gasteiger partial charge on any atom is -0.353 e. The number of anilines is 1. The van der Waals surface area contributed by atoms with Crippen molar-refractivity contribution in [2.24, 2.45) is 17.6 Å². The highest BCUT2D eigenvalue weighted by Gasteiger charge is 2.32. The molecule has 5 rings (SSSR count). The van der Waals surface area contributed by atoms with Gasteiger partial charge in [0.2, 0.25) is 11.8 Å². The van der Waals surface area contributed by atoms with Gasteiger partial charge < -0.3 is 16.4 Å². The van der Waals surface area contributed by atoms with Crippen molar-refractivity contribution in [3.05, 3.63) is 72.4 Å². The highest BCUT2D eigenvalue weighted by Crippen LogP contribution is 2.35. The molecule has 0 bridgehead atoms. The zero-order chi connectivity index (χ0) is 26.7. The summed E-state index contributed by atoms with van der Waals surface area (Å²) in [6.45, 7) is 3.99. The lowest BCUT2D eigenvalue weighted by Crippen LogP contribution is -2.38. The third-order valence-corrected chi connectivity index (χ3v) is 7.81. The monoisotopic (exact) mass is 510 g/mol. The van der Waals surface area contributed by atoms with Gasteiger partial charge in [-0.1, -0.05) is 54.6 Å². The van der Waals surface area contributed by atoms with E-state index in [1.807, 2.05) is 44.3 Å². The molecule has 6 heteroatoms. The lowest BCUT2D eigenvalue weighted by Gasteiger charge is -2.28. The van der Waals surface area contributed by atoms with E-state index in [9.17, 15) is 9.59 Å². The number of nitrogens with two attached hydrogens (primary N) is 1. The summed E-state index contributed by atoms with van der Waals surface area (Å²) in [7, 11) is 0. The maximum atomic E-state index is 12.9. The van der Waals surface area contributed by atoms with Crippen molar-refractivity contribution in [3.8, 4) is 22.3 Å². The molecule has 2 aromatic carbocycles. The summed E-state index contributed by atoms with van der Waals surface area (Å²) in [5, 5.41) is 6.23. The molecule has 1 heterocycles. The largest absolute Gasteiger partial charge is 0.353 e. The second-order valence-electron chi connectivity index (χ2n) is 11.5. The van der Waals surface area contributed by atoms with Crippen LogP contribution < -0.4 is 16.4 Å². The Morgan fingerprint density at radius 3 is 2.18 bits per heavy atom. The van der Waals surface area contributed by atoms with Crippen LogP contribution in [0, 0.1) is 11.8 Å². The molecule has 0 aliphatic heterocycles. The van der Waals surface area contributed by atoms with E-state index in [0.29, 0.717) is 18.2 Å². The first-order chi connectivity index (χ1) is 18.3. The van der Waals surface area contributed by atoms with Crippen LogP contribution in [0.1, 0.15) is 64.4 Å². The predicted octanol–water partition coefficient (Wildman–Crippen LogP) is 6.02. The molecule has 0 atom stereocenters. The molecule has 0 saturated heterocycles. The van der Waals surface area contributed by atoms with E-state index in [-0.39, 0.29) is 23.8 Å². The number of nitrogens with zero attached hydrogens (tertiary/aromatic N) is 1. The smallest absolute Gasteiger partial charge is 0.225 e. The lowest BCUT2D eigenvalue weighted by atomic mass is 9.84. The summed E-state index contributed by atoms with van der Waals surface area (Å²) in [6.07, 6.45) is 8.18. The molecule has 0 radical (unpaired) electrons. The minimum atomic E-state index is -0.406. The van der Waals surface area contributed by atoms with Crippen molar-refractivity contribution in [3.63, 3.8) is 0 Å². The number of amides is 2. The molecular weight excluding hydrogens is 472 g/mol. The van der Waals surface area contributed by atoms with Gasteiger partial charge in [0.1, 0.15) is 5.82 Å². The normalized spacial score (nSPS) is 19.6. The SMILES string of the molecule is CC(C)(N)c1ccc(-c2cnc(NC(=O)CC3CCC(NC(=O)C4CC4)CC3)cc2-c2ccccc2)cc1. The van der Waals surface area contributed by atoms with Crippen LogP contribution in [0.25, 0.3) is 22.3 Å². The van der Waals surface area contributed by atoms with E-state index >= 15 is 0 Å². The maximum Gasteiger partial charge on any atom is 0.225 e. The highest BCUT2D eigenvalue weighted by molar-refractivity contribution is 5.92. The molecule has 0 spiro atoms. The van der Waals surface area contributed by atoms with Gasteiger partial charge in [-0.15, -0.1) is 0 Å². The lowest BCUT2D eigenvalue weighted by molar-refractivity contribution is -0.123. The van der Waals surface area contributed by atoms with Crippen molar-refractivity contribution in [1.82, 2.24) is 10.3 Å². The number of hydrogen-bond donors (Lipinski definition) is 3. The van der Waals surface area contributed by atoms with Gasteiger partial charge in [-0.05, 0) is 86.6 Å². The Labute approximate surface area is 225 Å². The molecule has 38 heavy (non-hydrogen) atoms. The number of carbonyl (C=O) groups excluding carboxylic acids is 2. The van der Waals surface area contributed by atoms with Crippen LogP contribution in [0.3, 0.4) is 0 Å². The first-order valence-electron chi connectivity index (χ1n) is 13.8. The standard InChI is InChI=1S/C32H38N4O2/c1-32(2,33)25-14-12-23(13-15-25)28-20-34-29(19-27(28)22-6-4-3-5-7-22)36-30(37)18-21-8-16-26(17-9-21)35-31(38)24-10-11-24/h3-7,12-15,19-21,24,26H,8-11,16-18,33H2,1-2H3,(H,35,38)(H,34,36,37). The van der Waals surface area contributed by atoms with Gasteiger partial charge in [0.15, 0.2) is 0 Å².